The lowest BCUT2D eigenvalue weighted by Gasteiger charge is -2.24. The summed E-state index contributed by atoms with van der Waals surface area (Å²) in [5.41, 5.74) is 30.6. The van der Waals surface area contributed by atoms with E-state index < -0.39 is 12.4 Å². The average Bonchev–Trinajstić information content (AvgIpc) is 1.57. The first-order valence-corrected chi connectivity index (χ1v) is 43.0. The van der Waals surface area contributed by atoms with Gasteiger partial charge in [-0.25, -0.2) is 29.9 Å². The van der Waals surface area contributed by atoms with Crippen molar-refractivity contribution in [3.63, 3.8) is 0 Å². The maximum atomic E-state index is 13.6. The highest BCUT2D eigenvalue weighted by Crippen LogP contribution is 2.60. The number of nitrogens with zero attached hydrogens (tertiary/aromatic N) is 17. The lowest BCUT2D eigenvalue weighted by atomic mass is 10.0. The van der Waals surface area contributed by atoms with Gasteiger partial charge in [0.1, 0.15) is 99.3 Å². The van der Waals surface area contributed by atoms with Crippen molar-refractivity contribution < 1.29 is 38.7 Å². The smallest absolute Gasteiger partial charge is 0.317 e. The van der Waals surface area contributed by atoms with E-state index in [1.165, 1.54) is 51.3 Å². The third-order valence-corrected chi connectivity index (χ3v) is 24.0. The number of anilines is 3. The Balaban J connectivity index is 0.000000141. The second kappa shape index (κ2) is 39.6. The van der Waals surface area contributed by atoms with Crippen LogP contribution >= 0.6 is 0 Å². The first-order valence-electron chi connectivity index (χ1n) is 43.0. The number of carbonyl (C=O) groups excluding carboxylic acids is 6. The summed E-state index contributed by atoms with van der Waals surface area (Å²) in [5.74, 6) is 2.27. The third-order valence-electron chi connectivity index (χ3n) is 24.0. The Bertz CT molecular complexity index is 6160. The van der Waals surface area contributed by atoms with Gasteiger partial charge in [-0.1, -0.05) is 131 Å². The molecule has 19 rings (SSSR count). The number of pyridine rings is 3. The standard InChI is InChI=1S/C32H31N7O2.C28H25N7O2.C25H24N6O.C5H11N.C4H8O.C3H3NO2/c1-20(2)15-23(18-33)31(41)39-19-32(10-11-32)17-25(39)30-37-27(28-29(34)36-13-14-38(28)30)22-8-6-21(7-9-22)26(40)16-24-5-3-4-12-35-24;29-11-8-23(37)35-17-28(9-10-28)16-21(35)27-33-24(25-26(30)32-13-14-34(25)27)19-6-4-18(5-7-19)22(36)15-20-3-1-2-12-31-20;26-23-22-21(17-6-4-16(5-7-17)20(32)13-18-3-1-2-10-27-18)30-24(31(22)12-11-28-23)19-14-25(8-9-25)15-29-19;1-2-4-6-5-3-1;1-4(2)3-5;4-2-1-3(5)6/h3-9,12-15,20,25H,10-11,16-17,19H2,1-2H3,(H2,34,36);1-7,12-14,21H,8-10,15-17H2,(H2,30,32);1-7,10-12,19,29H,8-9,13-15H2,(H2,26,28);6H,1-5H2;3-4H,1-2H3;1H2,(H,5,6)/b23-15-;;;;;/t25-;21-;;;;/m00..../s1. The molecule has 7 fully saturated rings. The molecule has 1 unspecified atom stereocenters. The molecule has 0 bridgehead atoms. The van der Waals surface area contributed by atoms with E-state index in [0.29, 0.717) is 86.7 Å². The minimum absolute atomic E-state index is 0.0193. The lowest BCUT2D eigenvalue weighted by molar-refractivity contribution is -0.136. The number of amides is 2. The molecule has 648 valence electrons. The van der Waals surface area contributed by atoms with Gasteiger partial charge in [0.05, 0.1) is 49.5 Å². The highest BCUT2D eigenvalue weighted by atomic mass is 16.4. The zero-order valence-electron chi connectivity index (χ0n) is 71.6. The van der Waals surface area contributed by atoms with Crippen LogP contribution < -0.4 is 27.8 Å². The van der Waals surface area contributed by atoms with Gasteiger partial charge in [-0.05, 0) is 142 Å². The Morgan fingerprint density at radius 1 is 0.488 bits per heavy atom. The topological polar surface area (TPSA) is 449 Å². The molecule has 3 aromatic carbocycles. The number of carboxylic acids is 1. The molecule has 7 aliphatic rings. The van der Waals surface area contributed by atoms with Crippen LogP contribution in [0, 0.1) is 62.1 Å². The number of hydrogen-bond acceptors (Lipinski definition) is 24. The average molecular weight is 1700 g/mol. The Hall–Kier alpha value is -14.4. The van der Waals surface area contributed by atoms with E-state index in [1.54, 1.807) is 67.5 Å². The number of likely N-dealkylation sites (tertiary alicyclic amines) is 2. The first kappa shape index (κ1) is 88.9. The number of nitrogens with one attached hydrogen (secondary N) is 2. The van der Waals surface area contributed by atoms with Crippen molar-refractivity contribution in [2.24, 2.45) is 28.1 Å². The fraction of sp³-hybridized carbons (Fsp3) is 0.351. The number of imidazole rings is 3. The highest BCUT2D eigenvalue weighted by Gasteiger charge is 2.56. The number of Topliss-reactive ketones (excluding diaryl/α,β-unsaturated/α-hetero) is 3. The number of fused-ring (bicyclic) bond motifs is 3. The Morgan fingerprint density at radius 3 is 1.19 bits per heavy atom. The zero-order valence-corrected chi connectivity index (χ0v) is 71.6. The quantitative estimate of drug-likeness (QED) is 0.0179. The van der Waals surface area contributed by atoms with Crippen LogP contribution in [0.5, 0.6) is 0 Å². The number of carbonyl (C=O) groups is 7. The Kier molecular flexibility index (Phi) is 27.7. The summed E-state index contributed by atoms with van der Waals surface area (Å²) in [6.07, 6.45) is 32.2. The number of hydrogen-bond donors (Lipinski definition) is 6. The van der Waals surface area contributed by atoms with Crippen molar-refractivity contribution in [1.29, 1.82) is 15.8 Å². The molecule has 9 aromatic heterocycles. The van der Waals surface area contributed by atoms with Gasteiger partial charge >= 0.3 is 5.97 Å². The van der Waals surface area contributed by atoms with Crippen LogP contribution in [0.25, 0.3) is 50.3 Å². The molecular formula is C97H102N22O8. The molecule has 3 saturated carbocycles. The number of aldehydes is 1. The molecule has 0 radical (unpaired) electrons. The van der Waals surface area contributed by atoms with Crippen LogP contribution in [0.2, 0.25) is 0 Å². The summed E-state index contributed by atoms with van der Waals surface area (Å²) < 4.78 is 5.90. The Labute approximate surface area is 735 Å². The maximum Gasteiger partial charge on any atom is 0.317 e. The fourth-order valence-electron chi connectivity index (χ4n) is 16.8. The van der Waals surface area contributed by atoms with Crippen LogP contribution in [-0.2, 0) is 38.4 Å². The number of nitrogen functional groups attached to an aromatic ring is 3. The predicted molar refractivity (Wildman–Crippen MR) is 478 cm³/mol. The summed E-state index contributed by atoms with van der Waals surface area (Å²) in [6, 6.07) is 44.1. The molecule has 4 aliphatic heterocycles. The number of ketones is 3. The monoisotopic (exact) mass is 1700 g/mol. The normalized spacial score (nSPS) is 17.4. The van der Waals surface area contributed by atoms with Crippen LogP contribution in [0.4, 0.5) is 17.5 Å². The molecule has 9 N–H and O–H groups in total. The minimum atomic E-state index is -1.07. The van der Waals surface area contributed by atoms with E-state index in [2.05, 4.69) is 51.0 Å². The predicted octanol–water partition coefficient (Wildman–Crippen LogP) is 13.9. The molecule has 13 heterocycles. The second-order valence-corrected chi connectivity index (χ2v) is 34.3. The molecule has 30 nitrogen and oxygen atoms in total. The van der Waals surface area contributed by atoms with Crippen LogP contribution in [0.1, 0.15) is 201 Å². The number of nitriles is 3. The van der Waals surface area contributed by atoms with Crippen molar-refractivity contribution in [2.45, 2.75) is 155 Å². The number of aromatic nitrogens is 12. The van der Waals surface area contributed by atoms with Crippen LogP contribution in [0.15, 0.2) is 195 Å². The van der Waals surface area contributed by atoms with Gasteiger partial charge in [-0.2, -0.15) is 15.8 Å². The maximum absolute atomic E-state index is 13.6. The molecule has 3 spiro atoms. The minimum Gasteiger partial charge on any atom is -0.480 e. The van der Waals surface area contributed by atoms with E-state index >= 15 is 0 Å². The van der Waals surface area contributed by atoms with Gasteiger partial charge in [-0.15, -0.1) is 0 Å². The van der Waals surface area contributed by atoms with Crippen molar-refractivity contribution >= 4 is 75.4 Å². The fourth-order valence-corrected chi connectivity index (χ4v) is 16.8. The highest BCUT2D eigenvalue weighted by molar-refractivity contribution is 6.01. The molecular weight excluding hydrogens is 1600 g/mol. The number of piperidine rings is 1. The summed E-state index contributed by atoms with van der Waals surface area (Å²) in [5, 5.41) is 41.1. The summed E-state index contributed by atoms with van der Waals surface area (Å²) >= 11 is 0. The molecule has 2 amide bonds. The molecule has 3 aliphatic carbocycles. The van der Waals surface area contributed by atoms with Gasteiger partial charge in [0, 0.05) is 132 Å². The largest absolute Gasteiger partial charge is 0.480 e. The first-order chi connectivity index (χ1) is 61.4. The zero-order chi connectivity index (χ0) is 89.5. The number of benzene rings is 3. The van der Waals surface area contributed by atoms with Gasteiger partial charge in [0.2, 0.25) is 5.91 Å². The number of rotatable bonds is 20. The van der Waals surface area contributed by atoms with Crippen LogP contribution in [0.3, 0.4) is 0 Å². The van der Waals surface area contributed by atoms with Gasteiger partial charge < -0.3 is 47.5 Å². The van der Waals surface area contributed by atoms with Crippen molar-refractivity contribution in [3.05, 3.63) is 246 Å². The van der Waals surface area contributed by atoms with Gasteiger partial charge in [0.15, 0.2) is 17.3 Å². The molecule has 30 heteroatoms. The molecule has 12 aromatic rings. The molecule has 127 heavy (non-hydrogen) atoms. The van der Waals surface area contributed by atoms with E-state index in [0.717, 1.165) is 109 Å². The van der Waals surface area contributed by atoms with Gasteiger partial charge in [-0.3, -0.25) is 56.9 Å². The van der Waals surface area contributed by atoms with Crippen molar-refractivity contribution in [3.8, 4) is 52.0 Å². The summed E-state index contributed by atoms with van der Waals surface area (Å²) in [4.78, 5) is 128. The SMILES string of the molecule is C1CCNCC1.CC(C)/C=C(/C#N)C(=O)N1CC2(CC2)C[C@H]1c1nc(-c2ccc(C(=O)Cc3ccccn3)cc2)c2c(N)nccn12.CC(C)C=O.N#CCC(=O)N1CC2(CC2)C[C@H]1c1nc(-c2ccc(C(=O)Cc3ccccn3)cc2)c2c(N)nccn12.N#CCC(=O)O.Nc1nccn2c(C3CC4(CC4)CN3)nc(-c3ccc(C(=O)Cc4ccccn4)cc3)c12. The summed E-state index contributed by atoms with van der Waals surface area (Å²) in [7, 11) is 0. The third kappa shape index (κ3) is 21.2. The summed E-state index contributed by atoms with van der Waals surface area (Å²) in [6.45, 7) is 12.4. The second-order valence-electron chi connectivity index (χ2n) is 34.3. The van der Waals surface area contributed by atoms with Crippen LogP contribution in [-0.4, -0.2) is 147 Å². The number of aliphatic carboxylic acids is 1. The molecule has 3 atom stereocenters. The van der Waals surface area contributed by atoms with E-state index in [4.69, 9.17) is 47.8 Å². The van der Waals surface area contributed by atoms with Crippen molar-refractivity contribution in [2.75, 3.05) is 49.9 Å². The molecule has 4 saturated heterocycles. The van der Waals surface area contributed by atoms with E-state index in [9.17, 15) is 38.8 Å². The lowest BCUT2D eigenvalue weighted by Crippen LogP contribution is -2.33. The number of allylic oxidation sites excluding steroid dienone is 1. The van der Waals surface area contributed by atoms with E-state index in [-0.39, 0.29) is 101 Å². The number of carboxylic acid groups (broad SMARTS) is 1. The van der Waals surface area contributed by atoms with Gasteiger partial charge in [0.25, 0.3) is 5.91 Å². The van der Waals surface area contributed by atoms with E-state index in [1.807, 2.05) is 174 Å². The Morgan fingerprint density at radius 2 is 0.874 bits per heavy atom. The van der Waals surface area contributed by atoms with Crippen molar-refractivity contribution in [1.82, 2.24) is 78.5 Å². The number of nitrogens with two attached hydrogens (primary N) is 3.